The minimum Gasteiger partial charge on any atom is -0.396 e. The molecule has 4 N–H and O–H groups in total. The average Bonchev–Trinajstić information content (AvgIpc) is 2.83. The second kappa shape index (κ2) is 4.05. The van der Waals surface area contributed by atoms with Crippen molar-refractivity contribution in [1.82, 2.24) is 19.6 Å². The largest absolute Gasteiger partial charge is 0.396 e. The number of nitrogens with two attached hydrogens (primary N) is 2. The van der Waals surface area contributed by atoms with Gasteiger partial charge in [0, 0.05) is 18.6 Å². The minimum atomic E-state index is -0.615. The van der Waals surface area contributed by atoms with Gasteiger partial charge in [-0.2, -0.15) is 10.2 Å². The van der Waals surface area contributed by atoms with Crippen LogP contribution in [0.15, 0.2) is 24.7 Å². The van der Waals surface area contributed by atoms with Crippen molar-refractivity contribution in [3.05, 3.63) is 30.4 Å². The summed E-state index contributed by atoms with van der Waals surface area (Å²) in [5.41, 5.74) is 11.1. The Kier molecular flexibility index (Phi) is 2.59. The first-order valence-corrected chi connectivity index (χ1v) is 4.77. The number of primary amides is 1. The highest BCUT2D eigenvalue weighted by Crippen LogP contribution is 2.07. The van der Waals surface area contributed by atoms with Crippen LogP contribution in [0.4, 0.5) is 5.69 Å². The Morgan fingerprint density at radius 3 is 2.69 bits per heavy atom. The van der Waals surface area contributed by atoms with Crippen LogP contribution in [0.3, 0.4) is 0 Å². The molecule has 0 atom stereocenters. The van der Waals surface area contributed by atoms with Crippen LogP contribution >= 0.6 is 0 Å². The van der Waals surface area contributed by atoms with Gasteiger partial charge in [-0.15, -0.1) is 0 Å². The first-order valence-electron chi connectivity index (χ1n) is 4.77. The van der Waals surface area contributed by atoms with Crippen molar-refractivity contribution in [3.8, 4) is 0 Å². The number of hydrogen-bond donors (Lipinski definition) is 2. The SMILES string of the molecule is NC(=O)c1nn(CCn2cccn2)cc1N. The Morgan fingerprint density at radius 1 is 1.38 bits per heavy atom. The predicted molar refractivity (Wildman–Crippen MR) is 57.4 cm³/mol. The first kappa shape index (κ1) is 10.2. The second-order valence-corrected chi connectivity index (χ2v) is 3.33. The number of carbonyl (C=O) groups is 1. The van der Waals surface area contributed by atoms with Gasteiger partial charge in [-0.1, -0.05) is 0 Å². The number of carbonyl (C=O) groups excluding carboxylic acids is 1. The van der Waals surface area contributed by atoms with Crippen molar-refractivity contribution < 1.29 is 4.79 Å². The quantitative estimate of drug-likeness (QED) is 0.721. The summed E-state index contributed by atoms with van der Waals surface area (Å²) < 4.78 is 3.35. The van der Waals surface area contributed by atoms with Gasteiger partial charge in [0.05, 0.1) is 18.8 Å². The van der Waals surface area contributed by atoms with Crippen LogP contribution < -0.4 is 11.5 Å². The fourth-order valence-electron chi connectivity index (χ4n) is 1.38. The summed E-state index contributed by atoms with van der Waals surface area (Å²) in [5, 5.41) is 8.03. The number of nitrogens with zero attached hydrogens (tertiary/aromatic N) is 4. The fourth-order valence-corrected chi connectivity index (χ4v) is 1.38. The van der Waals surface area contributed by atoms with E-state index in [1.54, 1.807) is 21.8 Å². The molecule has 7 nitrogen and oxygen atoms in total. The summed E-state index contributed by atoms with van der Waals surface area (Å²) >= 11 is 0. The molecule has 7 heteroatoms. The molecule has 0 fully saturated rings. The topological polar surface area (TPSA) is 105 Å². The van der Waals surface area contributed by atoms with Gasteiger partial charge in [-0.25, -0.2) is 0 Å². The molecule has 2 aromatic rings. The van der Waals surface area contributed by atoms with E-state index < -0.39 is 5.91 Å². The van der Waals surface area contributed by atoms with Crippen molar-refractivity contribution in [2.75, 3.05) is 5.73 Å². The predicted octanol–water partition coefficient (Wildman–Crippen LogP) is -0.539. The molecule has 0 saturated carbocycles. The van der Waals surface area contributed by atoms with Gasteiger partial charge in [0.2, 0.25) is 0 Å². The van der Waals surface area contributed by atoms with E-state index in [2.05, 4.69) is 10.2 Å². The lowest BCUT2D eigenvalue weighted by molar-refractivity contribution is 0.0995. The summed E-state index contributed by atoms with van der Waals surface area (Å²) in [6.45, 7) is 1.24. The zero-order valence-corrected chi connectivity index (χ0v) is 8.58. The molecule has 2 heterocycles. The summed E-state index contributed by atoms with van der Waals surface area (Å²) in [4.78, 5) is 10.9. The third-order valence-corrected chi connectivity index (χ3v) is 2.14. The number of anilines is 1. The summed E-state index contributed by atoms with van der Waals surface area (Å²) in [6, 6.07) is 1.84. The van der Waals surface area contributed by atoms with Crippen LogP contribution in [0.2, 0.25) is 0 Å². The van der Waals surface area contributed by atoms with E-state index in [9.17, 15) is 4.79 Å². The van der Waals surface area contributed by atoms with Crippen molar-refractivity contribution >= 4 is 11.6 Å². The van der Waals surface area contributed by atoms with Crippen molar-refractivity contribution in [2.45, 2.75) is 13.1 Å². The number of rotatable bonds is 4. The molecule has 0 unspecified atom stereocenters. The molecule has 0 aliphatic carbocycles. The van der Waals surface area contributed by atoms with Gasteiger partial charge < -0.3 is 11.5 Å². The molecule has 1 amide bonds. The van der Waals surface area contributed by atoms with E-state index in [1.807, 2.05) is 12.3 Å². The van der Waals surface area contributed by atoms with Crippen molar-refractivity contribution in [2.24, 2.45) is 5.73 Å². The number of aromatic nitrogens is 4. The summed E-state index contributed by atoms with van der Waals surface area (Å²) in [7, 11) is 0. The molecule has 16 heavy (non-hydrogen) atoms. The number of hydrogen-bond acceptors (Lipinski definition) is 4. The van der Waals surface area contributed by atoms with Crippen LogP contribution in [-0.2, 0) is 13.1 Å². The zero-order chi connectivity index (χ0) is 11.5. The molecule has 0 bridgehead atoms. The highest BCUT2D eigenvalue weighted by atomic mass is 16.1. The van der Waals surface area contributed by atoms with Crippen molar-refractivity contribution in [3.63, 3.8) is 0 Å². The van der Waals surface area contributed by atoms with Gasteiger partial charge in [0.1, 0.15) is 0 Å². The van der Waals surface area contributed by atoms with Crippen LogP contribution in [0.1, 0.15) is 10.5 Å². The molecule has 0 aliphatic heterocycles. The molecular formula is C9H12N6O. The molecule has 0 aromatic carbocycles. The van der Waals surface area contributed by atoms with E-state index in [1.165, 1.54) is 0 Å². The maximum Gasteiger partial charge on any atom is 0.271 e. The maximum absolute atomic E-state index is 10.9. The lowest BCUT2D eigenvalue weighted by Gasteiger charge is -2.01. The highest BCUT2D eigenvalue weighted by molar-refractivity contribution is 5.95. The maximum atomic E-state index is 10.9. The molecule has 2 rings (SSSR count). The number of aryl methyl sites for hydroxylation is 2. The van der Waals surface area contributed by atoms with Crippen LogP contribution in [-0.4, -0.2) is 25.5 Å². The highest BCUT2D eigenvalue weighted by Gasteiger charge is 2.10. The monoisotopic (exact) mass is 220 g/mol. The van der Waals surface area contributed by atoms with E-state index in [0.29, 0.717) is 18.8 Å². The minimum absolute atomic E-state index is 0.112. The summed E-state index contributed by atoms with van der Waals surface area (Å²) in [5.74, 6) is -0.615. The lowest BCUT2D eigenvalue weighted by Crippen LogP contribution is -2.15. The zero-order valence-electron chi connectivity index (χ0n) is 8.58. The molecule has 0 saturated heterocycles. The van der Waals surface area contributed by atoms with Gasteiger partial charge >= 0.3 is 0 Å². The van der Waals surface area contributed by atoms with E-state index in [-0.39, 0.29) is 5.69 Å². The van der Waals surface area contributed by atoms with Gasteiger partial charge in [0.25, 0.3) is 5.91 Å². The molecule has 84 valence electrons. The van der Waals surface area contributed by atoms with Crippen LogP contribution in [0, 0.1) is 0 Å². The van der Waals surface area contributed by atoms with Crippen LogP contribution in [0.25, 0.3) is 0 Å². The smallest absolute Gasteiger partial charge is 0.271 e. The average molecular weight is 220 g/mol. The van der Waals surface area contributed by atoms with Crippen molar-refractivity contribution in [1.29, 1.82) is 0 Å². The second-order valence-electron chi connectivity index (χ2n) is 3.33. The normalized spacial score (nSPS) is 10.5. The Labute approximate surface area is 91.6 Å². The first-order chi connectivity index (χ1) is 7.66. The van der Waals surface area contributed by atoms with Gasteiger partial charge in [-0.05, 0) is 6.07 Å². The van der Waals surface area contributed by atoms with E-state index in [0.717, 1.165) is 0 Å². The van der Waals surface area contributed by atoms with E-state index in [4.69, 9.17) is 11.5 Å². The molecule has 0 radical (unpaired) electrons. The Hall–Kier alpha value is -2.31. The van der Waals surface area contributed by atoms with Gasteiger partial charge in [0.15, 0.2) is 5.69 Å². The van der Waals surface area contributed by atoms with Gasteiger partial charge in [-0.3, -0.25) is 14.2 Å². The molecular weight excluding hydrogens is 208 g/mol. The Bertz CT molecular complexity index is 486. The summed E-state index contributed by atoms with van der Waals surface area (Å²) in [6.07, 6.45) is 5.14. The fraction of sp³-hybridized carbons (Fsp3) is 0.222. The van der Waals surface area contributed by atoms with E-state index >= 15 is 0 Å². The number of amides is 1. The molecule has 0 spiro atoms. The van der Waals surface area contributed by atoms with Crippen LogP contribution in [0.5, 0.6) is 0 Å². The lowest BCUT2D eigenvalue weighted by atomic mass is 10.4. The molecule has 2 aromatic heterocycles. The number of nitrogen functional groups attached to an aromatic ring is 1. The Balaban J connectivity index is 2.05. The third kappa shape index (κ3) is 2.02. The Morgan fingerprint density at radius 2 is 2.12 bits per heavy atom. The molecule has 0 aliphatic rings. The third-order valence-electron chi connectivity index (χ3n) is 2.14. The standard InChI is InChI=1S/C9H12N6O/c10-7-6-15(13-8(7)9(11)16)5-4-14-3-1-2-12-14/h1-3,6H,4-5,10H2,(H2,11,16).